The standard InChI is InChI=1S/C4H5ClF/c5-3-1-2-4(3)6/h4H,1-2H2. The van der Waals surface area contributed by atoms with Crippen molar-refractivity contribution in [3.8, 4) is 0 Å². The topological polar surface area (TPSA) is 0 Å². The van der Waals surface area contributed by atoms with Crippen LogP contribution >= 0.6 is 11.6 Å². The molecule has 1 radical (unpaired) electrons. The van der Waals surface area contributed by atoms with Gasteiger partial charge in [0.1, 0.15) is 6.17 Å². The molecule has 0 aromatic carbocycles. The van der Waals surface area contributed by atoms with Crippen molar-refractivity contribution in [1.29, 1.82) is 0 Å². The van der Waals surface area contributed by atoms with Crippen LogP contribution in [0.4, 0.5) is 4.39 Å². The Bertz CT molecular complexity index is 47.5. The second kappa shape index (κ2) is 1.38. The van der Waals surface area contributed by atoms with E-state index >= 15 is 0 Å². The van der Waals surface area contributed by atoms with Crippen molar-refractivity contribution in [2.24, 2.45) is 0 Å². The smallest absolute Gasteiger partial charge is 0.121 e. The zero-order valence-electron chi connectivity index (χ0n) is 3.25. The van der Waals surface area contributed by atoms with Crippen LogP contribution < -0.4 is 0 Å². The third-order valence-corrected chi connectivity index (χ3v) is 1.40. The summed E-state index contributed by atoms with van der Waals surface area (Å²) in [7, 11) is 0. The van der Waals surface area contributed by atoms with Crippen molar-refractivity contribution in [2.45, 2.75) is 19.0 Å². The monoisotopic (exact) mass is 107 g/mol. The predicted octanol–water partition coefficient (Wildman–Crippen LogP) is 1.89. The molecule has 0 aliphatic heterocycles. The summed E-state index contributed by atoms with van der Waals surface area (Å²) in [5.74, 6) is 0. The number of rotatable bonds is 0. The van der Waals surface area contributed by atoms with Gasteiger partial charge in [-0.05, 0) is 12.8 Å². The van der Waals surface area contributed by atoms with Crippen molar-refractivity contribution in [3.05, 3.63) is 5.38 Å². The summed E-state index contributed by atoms with van der Waals surface area (Å²) in [5, 5.41) is 0.495. The van der Waals surface area contributed by atoms with Gasteiger partial charge in [-0.1, -0.05) is 0 Å². The van der Waals surface area contributed by atoms with Gasteiger partial charge in [0.15, 0.2) is 0 Å². The summed E-state index contributed by atoms with van der Waals surface area (Å²) < 4.78 is 11.7. The van der Waals surface area contributed by atoms with E-state index in [4.69, 9.17) is 11.6 Å². The normalized spacial score (nSPS) is 36.0. The van der Waals surface area contributed by atoms with E-state index in [2.05, 4.69) is 0 Å². The van der Waals surface area contributed by atoms with Crippen molar-refractivity contribution < 1.29 is 4.39 Å². The van der Waals surface area contributed by atoms with Gasteiger partial charge in [0.2, 0.25) is 0 Å². The Kier molecular flexibility index (Phi) is 1.00. The number of hydrogen-bond donors (Lipinski definition) is 0. The fraction of sp³-hybridized carbons (Fsp3) is 0.750. The number of halogens is 2. The summed E-state index contributed by atoms with van der Waals surface area (Å²) in [6.45, 7) is 0. The van der Waals surface area contributed by atoms with Crippen LogP contribution in [-0.2, 0) is 0 Å². The SMILES string of the molecule is FC1CC[C]1Cl. The zero-order valence-corrected chi connectivity index (χ0v) is 4.00. The Morgan fingerprint density at radius 3 is 2.33 bits per heavy atom. The lowest BCUT2D eigenvalue weighted by Crippen LogP contribution is -2.19. The fourth-order valence-electron chi connectivity index (χ4n) is 0.363. The highest BCUT2D eigenvalue weighted by atomic mass is 35.5. The highest BCUT2D eigenvalue weighted by Crippen LogP contribution is 2.35. The van der Waals surface area contributed by atoms with Gasteiger partial charge < -0.3 is 0 Å². The summed E-state index contributed by atoms with van der Waals surface area (Å²) in [5.41, 5.74) is 0. The van der Waals surface area contributed by atoms with Gasteiger partial charge >= 0.3 is 0 Å². The van der Waals surface area contributed by atoms with Crippen molar-refractivity contribution in [1.82, 2.24) is 0 Å². The van der Waals surface area contributed by atoms with Crippen LogP contribution in [0.1, 0.15) is 12.8 Å². The van der Waals surface area contributed by atoms with E-state index in [0.29, 0.717) is 11.8 Å². The molecule has 1 atom stereocenters. The van der Waals surface area contributed by atoms with Gasteiger partial charge in [-0.25, -0.2) is 4.39 Å². The molecule has 0 aromatic rings. The molecular formula is C4H5ClF. The summed E-state index contributed by atoms with van der Waals surface area (Å²) >= 11 is 5.24. The minimum atomic E-state index is -0.785. The number of hydrogen-bond acceptors (Lipinski definition) is 0. The molecule has 0 heterocycles. The molecule has 0 aromatic heterocycles. The molecule has 1 aliphatic rings. The zero-order chi connectivity index (χ0) is 4.57. The van der Waals surface area contributed by atoms with Gasteiger partial charge in [0.05, 0.1) is 5.38 Å². The third kappa shape index (κ3) is 0.515. The molecule has 1 fully saturated rings. The highest BCUT2D eigenvalue weighted by Gasteiger charge is 2.28. The summed E-state index contributed by atoms with van der Waals surface area (Å²) in [4.78, 5) is 0. The van der Waals surface area contributed by atoms with Crippen molar-refractivity contribution >= 4 is 11.6 Å². The van der Waals surface area contributed by atoms with Crippen molar-refractivity contribution in [3.63, 3.8) is 0 Å². The maximum atomic E-state index is 11.7. The Hall–Kier alpha value is 0.220. The van der Waals surface area contributed by atoms with Crippen LogP contribution in [0.5, 0.6) is 0 Å². The minimum absolute atomic E-state index is 0.495. The first-order valence-corrected chi connectivity index (χ1v) is 2.34. The highest BCUT2D eigenvalue weighted by molar-refractivity contribution is 6.28. The van der Waals surface area contributed by atoms with Crippen LogP contribution in [0.25, 0.3) is 0 Å². The summed E-state index contributed by atoms with van der Waals surface area (Å²) in [6.07, 6.45) is 0.633. The first-order valence-electron chi connectivity index (χ1n) is 1.96. The van der Waals surface area contributed by atoms with Gasteiger partial charge in [0.25, 0.3) is 0 Å². The van der Waals surface area contributed by atoms with E-state index in [9.17, 15) is 4.39 Å². The third-order valence-electron chi connectivity index (χ3n) is 0.976. The molecule has 0 saturated heterocycles. The first kappa shape index (κ1) is 4.38. The molecule has 2 heteroatoms. The Balaban J connectivity index is 2.20. The minimum Gasteiger partial charge on any atom is -0.245 e. The molecular weight excluding hydrogens is 102 g/mol. The van der Waals surface area contributed by atoms with Gasteiger partial charge in [-0.15, -0.1) is 11.6 Å². The average molecular weight is 108 g/mol. The molecule has 1 aliphatic carbocycles. The maximum Gasteiger partial charge on any atom is 0.121 e. The first-order chi connectivity index (χ1) is 2.80. The van der Waals surface area contributed by atoms with Crippen LogP contribution in [0, 0.1) is 5.38 Å². The molecule has 6 heavy (non-hydrogen) atoms. The lowest BCUT2D eigenvalue weighted by atomic mass is 9.97. The molecule has 0 N–H and O–H groups in total. The second-order valence-electron chi connectivity index (χ2n) is 1.45. The average Bonchev–Trinajstić information content (AvgIpc) is 1.61. The molecule has 1 unspecified atom stereocenters. The maximum absolute atomic E-state index is 11.7. The van der Waals surface area contributed by atoms with Gasteiger partial charge in [-0.2, -0.15) is 0 Å². The lowest BCUT2D eigenvalue weighted by Gasteiger charge is -2.22. The molecule has 0 amide bonds. The molecule has 1 rings (SSSR count). The Labute approximate surface area is 41.3 Å². The molecule has 0 bridgehead atoms. The Morgan fingerprint density at radius 2 is 2.33 bits per heavy atom. The van der Waals surface area contributed by atoms with E-state index in [1.54, 1.807) is 0 Å². The van der Waals surface area contributed by atoms with Crippen molar-refractivity contribution in [2.75, 3.05) is 0 Å². The predicted molar refractivity (Wildman–Crippen MR) is 23.2 cm³/mol. The second-order valence-corrected chi connectivity index (χ2v) is 1.94. The van der Waals surface area contributed by atoms with E-state index in [0.717, 1.165) is 6.42 Å². The summed E-state index contributed by atoms with van der Waals surface area (Å²) in [6, 6.07) is 0. The Morgan fingerprint density at radius 1 is 1.83 bits per heavy atom. The largest absolute Gasteiger partial charge is 0.245 e. The van der Waals surface area contributed by atoms with E-state index < -0.39 is 6.17 Å². The quantitative estimate of drug-likeness (QED) is 0.444. The van der Waals surface area contributed by atoms with Crippen LogP contribution in [-0.4, -0.2) is 6.17 Å². The van der Waals surface area contributed by atoms with Crippen LogP contribution in [0.15, 0.2) is 0 Å². The lowest BCUT2D eigenvalue weighted by molar-refractivity contribution is 0.273. The fourth-order valence-corrected chi connectivity index (χ4v) is 0.581. The van der Waals surface area contributed by atoms with Crippen LogP contribution in [0.2, 0.25) is 0 Å². The van der Waals surface area contributed by atoms with Gasteiger partial charge in [-0.3, -0.25) is 0 Å². The number of alkyl halides is 1. The van der Waals surface area contributed by atoms with Gasteiger partial charge in [0, 0.05) is 0 Å². The van der Waals surface area contributed by atoms with E-state index in [1.807, 2.05) is 0 Å². The molecule has 1 saturated carbocycles. The van der Waals surface area contributed by atoms with E-state index in [1.165, 1.54) is 0 Å². The molecule has 35 valence electrons. The molecule has 0 spiro atoms. The van der Waals surface area contributed by atoms with Crippen LogP contribution in [0.3, 0.4) is 0 Å². The molecule has 0 nitrogen and oxygen atoms in total. The van der Waals surface area contributed by atoms with E-state index in [-0.39, 0.29) is 0 Å².